The molecule has 0 radical (unpaired) electrons. The Kier molecular flexibility index (Phi) is 7.52. The van der Waals surface area contributed by atoms with Crippen LogP contribution in [0, 0.1) is 6.92 Å². The zero-order chi connectivity index (χ0) is 27.0. The van der Waals surface area contributed by atoms with Crippen LogP contribution in [-0.4, -0.2) is 17.8 Å². The number of amides is 4. The van der Waals surface area contributed by atoms with Gasteiger partial charge in [-0.2, -0.15) is 0 Å². The fraction of sp³-hybridized carbons (Fsp3) is 0.0690. The molecular formula is C29H19Br3N2O4. The molecule has 0 aromatic heterocycles. The maximum absolute atomic E-state index is 13.3. The Bertz CT molecular complexity index is 1640. The summed E-state index contributed by atoms with van der Waals surface area (Å²) >= 11 is 10.5. The number of urea groups is 1. The minimum absolute atomic E-state index is 0.159. The van der Waals surface area contributed by atoms with Gasteiger partial charge >= 0.3 is 6.03 Å². The highest BCUT2D eigenvalue weighted by Gasteiger charge is 2.37. The number of aryl methyl sites for hydroxylation is 1. The van der Waals surface area contributed by atoms with Crippen LogP contribution in [-0.2, 0) is 16.2 Å². The van der Waals surface area contributed by atoms with Crippen LogP contribution >= 0.6 is 47.8 Å². The number of benzene rings is 4. The van der Waals surface area contributed by atoms with Gasteiger partial charge in [0.1, 0.15) is 17.9 Å². The second-order valence-electron chi connectivity index (χ2n) is 8.68. The molecule has 1 aliphatic heterocycles. The third kappa shape index (κ3) is 5.32. The summed E-state index contributed by atoms with van der Waals surface area (Å²) in [6.45, 7) is 2.20. The van der Waals surface area contributed by atoms with Crippen molar-refractivity contribution < 1.29 is 19.1 Å². The van der Waals surface area contributed by atoms with E-state index in [1.165, 1.54) is 6.08 Å². The summed E-state index contributed by atoms with van der Waals surface area (Å²) in [5.74, 6) is -0.875. The lowest BCUT2D eigenvalue weighted by atomic mass is 10.1. The molecule has 1 heterocycles. The Morgan fingerprint density at radius 1 is 0.842 bits per heavy atom. The molecule has 190 valence electrons. The summed E-state index contributed by atoms with van der Waals surface area (Å²) in [6, 6.07) is 22.1. The van der Waals surface area contributed by atoms with Crippen LogP contribution in [0.1, 0.15) is 16.7 Å². The average Bonchev–Trinajstić information content (AvgIpc) is 2.88. The third-order valence-corrected chi connectivity index (χ3v) is 8.10. The van der Waals surface area contributed by atoms with Crippen LogP contribution in [0.15, 0.2) is 91.8 Å². The van der Waals surface area contributed by atoms with Gasteiger partial charge in [0, 0.05) is 4.47 Å². The SMILES string of the molecule is Cc1cc(N2C(=O)NC(=O)/C(=C\c3cc(Br)c(OCc4ccc5ccccc5c4)c(Br)c3)C2=O)ccc1Br. The van der Waals surface area contributed by atoms with Gasteiger partial charge in [0.25, 0.3) is 11.8 Å². The van der Waals surface area contributed by atoms with Crippen molar-refractivity contribution >= 4 is 88.2 Å². The Morgan fingerprint density at radius 2 is 1.55 bits per heavy atom. The van der Waals surface area contributed by atoms with E-state index in [-0.39, 0.29) is 5.57 Å². The molecule has 5 rings (SSSR count). The molecule has 0 saturated carbocycles. The molecule has 1 fully saturated rings. The molecule has 0 aliphatic carbocycles. The number of nitrogens with one attached hydrogen (secondary N) is 1. The number of hydrogen-bond acceptors (Lipinski definition) is 4. The van der Waals surface area contributed by atoms with Gasteiger partial charge in [-0.1, -0.05) is 52.3 Å². The van der Waals surface area contributed by atoms with E-state index in [1.54, 1.807) is 30.3 Å². The van der Waals surface area contributed by atoms with Crippen molar-refractivity contribution in [3.8, 4) is 5.75 Å². The minimum Gasteiger partial charge on any atom is -0.487 e. The van der Waals surface area contributed by atoms with Crippen molar-refractivity contribution in [1.29, 1.82) is 0 Å². The summed E-state index contributed by atoms with van der Waals surface area (Å²) in [4.78, 5) is 39.3. The maximum atomic E-state index is 13.3. The lowest BCUT2D eigenvalue weighted by Crippen LogP contribution is -2.54. The van der Waals surface area contributed by atoms with Crippen molar-refractivity contribution in [1.82, 2.24) is 5.32 Å². The molecule has 1 N–H and O–H groups in total. The first kappa shape index (κ1) is 26.3. The molecule has 0 spiro atoms. The number of barbiturate groups is 1. The number of nitrogens with zero attached hydrogens (tertiary/aromatic N) is 1. The summed E-state index contributed by atoms with van der Waals surface area (Å²) in [5.41, 5.74) is 2.64. The lowest BCUT2D eigenvalue weighted by molar-refractivity contribution is -0.122. The number of halogens is 3. The second kappa shape index (κ2) is 10.8. The van der Waals surface area contributed by atoms with Gasteiger partial charge in [-0.15, -0.1) is 0 Å². The molecule has 1 aliphatic rings. The standard InChI is InChI=1S/C29H19Br3N2O4/c1-16-10-21(8-9-23(16)30)34-28(36)22(27(35)33-29(34)37)12-18-13-24(31)26(25(32)14-18)38-15-17-6-7-19-4-2-3-5-20(19)11-17/h2-14H,15H2,1H3,(H,33,35,37)/b22-12+. The van der Waals surface area contributed by atoms with Crippen LogP contribution in [0.3, 0.4) is 0 Å². The smallest absolute Gasteiger partial charge is 0.335 e. The number of hydrogen-bond donors (Lipinski definition) is 1. The molecule has 0 unspecified atom stereocenters. The van der Waals surface area contributed by atoms with E-state index in [0.717, 1.165) is 31.3 Å². The van der Waals surface area contributed by atoms with Crippen LogP contribution in [0.25, 0.3) is 16.8 Å². The minimum atomic E-state index is -0.793. The van der Waals surface area contributed by atoms with Crippen molar-refractivity contribution in [3.05, 3.63) is 108 Å². The molecular weight excluding hydrogens is 680 g/mol. The van der Waals surface area contributed by atoms with Gasteiger partial charge in [-0.3, -0.25) is 14.9 Å². The predicted molar refractivity (Wildman–Crippen MR) is 158 cm³/mol. The Hall–Kier alpha value is -3.27. The van der Waals surface area contributed by atoms with Gasteiger partial charge < -0.3 is 4.74 Å². The third-order valence-electron chi connectivity index (χ3n) is 6.03. The summed E-state index contributed by atoms with van der Waals surface area (Å²) in [7, 11) is 0. The topological polar surface area (TPSA) is 75.7 Å². The highest BCUT2D eigenvalue weighted by molar-refractivity contribution is 9.11. The van der Waals surface area contributed by atoms with Gasteiger partial charge in [0.05, 0.1) is 14.6 Å². The Balaban J connectivity index is 1.40. The normalized spacial score (nSPS) is 14.8. The molecule has 6 nitrogen and oxygen atoms in total. The molecule has 4 aromatic rings. The first-order chi connectivity index (χ1) is 18.2. The molecule has 1 saturated heterocycles. The molecule has 4 aromatic carbocycles. The molecule has 0 bridgehead atoms. The molecule has 38 heavy (non-hydrogen) atoms. The highest BCUT2D eigenvalue weighted by atomic mass is 79.9. The zero-order valence-electron chi connectivity index (χ0n) is 19.9. The van der Waals surface area contributed by atoms with Crippen molar-refractivity contribution in [3.63, 3.8) is 0 Å². The van der Waals surface area contributed by atoms with Crippen molar-refractivity contribution in [2.75, 3.05) is 4.90 Å². The van der Waals surface area contributed by atoms with Gasteiger partial charge in [0.15, 0.2) is 0 Å². The van der Waals surface area contributed by atoms with Crippen molar-refractivity contribution in [2.24, 2.45) is 0 Å². The summed E-state index contributed by atoms with van der Waals surface area (Å²) < 4.78 is 8.20. The zero-order valence-corrected chi connectivity index (χ0v) is 24.7. The number of carbonyl (C=O) groups is 3. The number of carbonyl (C=O) groups excluding carboxylic acids is 3. The van der Waals surface area contributed by atoms with E-state index in [9.17, 15) is 14.4 Å². The largest absolute Gasteiger partial charge is 0.487 e. The lowest BCUT2D eigenvalue weighted by Gasteiger charge is -2.26. The summed E-state index contributed by atoms with van der Waals surface area (Å²) in [6.07, 6.45) is 1.45. The van der Waals surface area contributed by atoms with E-state index in [2.05, 4.69) is 77.4 Å². The van der Waals surface area contributed by atoms with Gasteiger partial charge in [0.2, 0.25) is 0 Å². The number of rotatable bonds is 5. The average molecular weight is 699 g/mol. The quantitative estimate of drug-likeness (QED) is 0.171. The maximum Gasteiger partial charge on any atom is 0.335 e. The van der Waals surface area contributed by atoms with Crippen LogP contribution in [0.4, 0.5) is 10.5 Å². The monoisotopic (exact) mass is 696 g/mol. The van der Waals surface area contributed by atoms with E-state index in [1.807, 2.05) is 25.1 Å². The fourth-order valence-electron chi connectivity index (χ4n) is 4.11. The van der Waals surface area contributed by atoms with Gasteiger partial charge in [-0.05, 0) is 109 Å². The second-order valence-corrected chi connectivity index (χ2v) is 11.2. The number of imide groups is 2. The van der Waals surface area contributed by atoms with E-state index < -0.39 is 17.8 Å². The number of anilines is 1. The molecule has 9 heteroatoms. The van der Waals surface area contributed by atoms with Crippen LogP contribution in [0.2, 0.25) is 0 Å². The fourth-order valence-corrected chi connectivity index (χ4v) is 5.81. The Morgan fingerprint density at radius 3 is 2.26 bits per heavy atom. The molecule has 4 amide bonds. The van der Waals surface area contributed by atoms with Crippen LogP contribution in [0.5, 0.6) is 5.75 Å². The van der Waals surface area contributed by atoms with Crippen molar-refractivity contribution in [2.45, 2.75) is 13.5 Å². The van der Waals surface area contributed by atoms with Crippen LogP contribution < -0.4 is 15.0 Å². The first-order valence-electron chi connectivity index (χ1n) is 11.5. The Labute approximate surface area is 244 Å². The van der Waals surface area contributed by atoms with E-state index >= 15 is 0 Å². The summed E-state index contributed by atoms with van der Waals surface area (Å²) in [5, 5.41) is 4.55. The van der Waals surface area contributed by atoms with Gasteiger partial charge in [-0.25, -0.2) is 9.69 Å². The van der Waals surface area contributed by atoms with E-state index in [0.29, 0.717) is 32.6 Å². The number of fused-ring (bicyclic) bond motifs is 1. The first-order valence-corrected chi connectivity index (χ1v) is 13.9. The van der Waals surface area contributed by atoms with E-state index in [4.69, 9.17) is 4.74 Å². The number of ether oxygens (including phenoxy) is 1. The predicted octanol–water partition coefficient (Wildman–Crippen LogP) is 7.68. The molecule has 0 atom stereocenters. The highest BCUT2D eigenvalue weighted by Crippen LogP contribution is 2.36.